The fourth-order valence-corrected chi connectivity index (χ4v) is 3.14. The Morgan fingerprint density at radius 3 is 1.43 bits per heavy atom. The molecule has 0 bridgehead atoms. The Morgan fingerprint density at radius 1 is 0.609 bits per heavy atom. The Bertz CT molecular complexity index is 586. The molecule has 0 N–H and O–H groups in total. The number of halogens is 2. The van der Waals surface area contributed by atoms with E-state index in [1.54, 1.807) is 0 Å². The summed E-state index contributed by atoms with van der Waals surface area (Å²) in [6.07, 6.45) is 11.2. The van der Waals surface area contributed by atoms with Gasteiger partial charge in [-0.25, -0.2) is 0 Å². The fraction of sp³-hybridized carbons (Fsp3) is 0.100. The van der Waals surface area contributed by atoms with Crippen molar-refractivity contribution in [2.45, 2.75) is 12.8 Å². The van der Waals surface area contributed by atoms with E-state index in [0.29, 0.717) is 0 Å². The topological polar surface area (TPSA) is 0 Å². The van der Waals surface area contributed by atoms with Crippen molar-refractivity contribution < 1.29 is 20.8 Å². The zero-order valence-corrected chi connectivity index (χ0v) is 16.6. The second kappa shape index (κ2) is 8.84. The van der Waals surface area contributed by atoms with Crippen LogP contribution < -0.4 is 0 Å². The molecule has 2 aromatic carbocycles. The molecule has 23 heavy (non-hydrogen) atoms. The quantitative estimate of drug-likeness (QED) is 0.580. The van der Waals surface area contributed by atoms with E-state index in [1.807, 2.05) is 0 Å². The molecular weight excluding hydrogens is 402 g/mol. The number of fused-ring (bicyclic) bond motifs is 2. The van der Waals surface area contributed by atoms with Crippen LogP contribution in [0, 0.1) is 37.5 Å². The minimum absolute atomic E-state index is 0.826. The molecule has 0 nitrogen and oxygen atoms in total. The van der Waals surface area contributed by atoms with Crippen molar-refractivity contribution in [2.24, 2.45) is 0 Å². The van der Waals surface area contributed by atoms with Gasteiger partial charge in [0.2, 0.25) is 0 Å². The summed E-state index contributed by atoms with van der Waals surface area (Å²) < 4.78 is 0. The van der Waals surface area contributed by atoms with Crippen molar-refractivity contribution in [3.63, 3.8) is 0 Å². The van der Waals surface area contributed by atoms with Crippen LogP contribution >= 0.6 is 17.0 Å². The molecule has 2 aliphatic rings. The van der Waals surface area contributed by atoms with Crippen LogP contribution in [0.5, 0.6) is 0 Å². The maximum absolute atomic E-state index is 4.93. The van der Waals surface area contributed by atoms with Crippen LogP contribution in [0.4, 0.5) is 0 Å². The summed E-state index contributed by atoms with van der Waals surface area (Å²) >= 11 is -0.826. The summed E-state index contributed by atoms with van der Waals surface area (Å²) in [6, 6.07) is 17.3. The van der Waals surface area contributed by atoms with E-state index in [0.717, 1.165) is 12.8 Å². The monoisotopic (exact) mass is 416 g/mol. The van der Waals surface area contributed by atoms with Crippen molar-refractivity contribution in [1.82, 2.24) is 0 Å². The standard InChI is InChI=1S/C20H16.2ClH.Zr/c1-3-7-19-15(5-1)9-11-17(19)13-14-18-12-10-16-6-2-4-8-20(16)18;;;/h1-12H,13-14H2;2*1H;/q;;;+2/p-2. The van der Waals surface area contributed by atoms with E-state index in [1.165, 1.54) is 34.1 Å². The van der Waals surface area contributed by atoms with Gasteiger partial charge < -0.3 is 0 Å². The van der Waals surface area contributed by atoms with E-state index >= 15 is 0 Å². The molecule has 2 aromatic rings. The van der Waals surface area contributed by atoms with Gasteiger partial charge in [-0.2, -0.15) is 0 Å². The van der Waals surface area contributed by atoms with Gasteiger partial charge in [-0.05, 0) is 60.8 Å². The molecule has 4 rings (SSSR count). The van der Waals surface area contributed by atoms with Crippen molar-refractivity contribution in [3.8, 4) is 0 Å². The van der Waals surface area contributed by atoms with E-state index in [2.05, 4.69) is 74.2 Å². The van der Waals surface area contributed by atoms with Crippen molar-refractivity contribution in [3.05, 3.63) is 108 Å². The second-order valence-electron chi connectivity index (χ2n) is 5.46. The molecule has 3 heteroatoms. The van der Waals surface area contributed by atoms with E-state index in [9.17, 15) is 0 Å². The first-order chi connectivity index (χ1) is 11.3. The molecule has 0 saturated heterocycles. The van der Waals surface area contributed by atoms with Gasteiger partial charge in [0.15, 0.2) is 0 Å². The first-order valence-electron chi connectivity index (χ1n) is 7.56. The summed E-state index contributed by atoms with van der Waals surface area (Å²) in [7, 11) is 9.87. The van der Waals surface area contributed by atoms with E-state index < -0.39 is 20.8 Å². The molecule has 0 heterocycles. The van der Waals surface area contributed by atoms with Crippen LogP contribution in [0.1, 0.15) is 35.1 Å². The van der Waals surface area contributed by atoms with Crippen LogP contribution in [0.3, 0.4) is 0 Å². The zero-order chi connectivity index (χ0) is 16.1. The Hall–Kier alpha value is -0.0969. The summed E-state index contributed by atoms with van der Waals surface area (Å²) in [4.78, 5) is 0. The first kappa shape index (κ1) is 17.7. The van der Waals surface area contributed by atoms with Crippen LogP contribution in [0.15, 0.2) is 48.5 Å². The Morgan fingerprint density at radius 2 is 1.00 bits per heavy atom. The predicted molar refractivity (Wildman–Crippen MR) is 93.9 cm³/mol. The summed E-state index contributed by atoms with van der Waals surface area (Å²) in [5.41, 5.74) is 5.52. The maximum atomic E-state index is 4.93. The van der Waals surface area contributed by atoms with Gasteiger partial charge in [0.25, 0.3) is 0 Å². The van der Waals surface area contributed by atoms with Crippen molar-refractivity contribution in [1.29, 1.82) is 0 Å². The van der Waals surface area contributed by atoms with Gasteiger partial charge in [0.05, 0.1) is 0 Å². The normalized spacial score (nSPS) is 16.4. The van der Waals surface area contributed by atoms with Gasteiger partial charge >= 0.3 is 37.9 Å². The minimum atomic E-state index is -0.826. The molecule has 0 amide bonds. The summed E-state index contributed by atoms with van der Waals surface area (Å²) in [5, 5.41) is 0. The molecule has 0 atom stereocenters. The summed E-state index contributed by atoms with van der Waals surface area (Å²) in [6.45, 7) is 0. The molecular formula is C20H16Cl2Zr. The Balaban J connectivity index is 0.000000485. The molecule has 0 spiro atoms. The van der Waals surface area contributed by atoms with Gasteiger partial charge in [-0.15, -0.1) is 0 Å². The summed E-state index contributed by atoms with van der Waals surface area (Å²) in [5.74, 6) is 2.93. The SMILES string of the molecule is [CH]1[CH]c2ccccc2[C]1CC[C]1[CH][CH]c2ccccc21.[Cl][Zr][Cl]. The van der Waals surface area contributed by atoms with Crippen LogP contribution in [-0.2, 0) is 20.8 Å². The molecule has 0 fully saturated rings. The van der Waals surface area contributed by atoms with Gasteiger partial charge in [0.1, 0.15) is 0 Å². The molecule has 0 saturated carbocycles. The molecule has 0 aromatic heterocycles. The fourth-order valence-electron chi connectivity index (χ4n) is 3.14. The van der Waals surface area contributed by atoms with E-state index in [4.69, 9.17) is 17.0 Å². The van der Waals surface area contributed by atoms with Crippen LogP contribution in [0.25, 0.3) is 0 Å². The molecule has 0 unspecified atom stereocenters. The van der Waals surface area contributed by atoms with Crippen molar-refractivity contribution >= 4 is 17.0 Å². The first-order valence-corrected chi connectivity index (χ1v) is 13.9. The average Bonchev–Trinajstić information content (AvgIpc) is 3.18. The number of rotatable bonds is 3. The predicted octanol–water partition coefficient (Wildman–Crippen LogP) is 5.93. The molecule has 2 aliphatic carbocycles. The number of benzene rings is 2. The zero-order valence-electron chi connectivity index (χ0n) is 12.6. The number of hydrogen-bond donors (Lipinski definition) is 0. The Labute approximate surface area is 158 Å². The third kappa shape index (κ3) is 4.30. The number of hydrogen-bond acceptors (Lipinski definition) is 0. The third-order valence-electron chi connectivity index (χ3n) is 4.21. The van der Waals surface area contributed by atoms with Gasteiger partial charge in [0, 0.05) is 11.8 Å². The molecule has 114 valence electrons. The van der Waals surface area contributed by atoms with E-state index in [-0.39, 0.29) is 0 Å². The Kier molecular flexibility index (Phi) is 6.81. The molecule has 0 aliphatic heterocycles. The van der Waals surface area contributed by atoms with Crippen LogP contribution in [-0.4, -0.2) is 0 Å². The van der Waals surface area contributed by atoms with Crippen LogP contribution in [0.2, 0.25) is 0 Å². The molecule has 6 radical (unpaired) electrons. The average molecular weight is 418 g/mol. The van der Waals surface area contributed by atoms with Gasteiger partial charge in [-0.3, -0.25) is 0 Å². The second-order valence-corrected chi connectivity index (χ2v) is 9.19. The van der Waals surface area contributed by atoms with Crippen molar-refractivity contribution in [2.75, 3.05) is 0 Å². The van der Waals surface area contributed by atoms with Gasteiger partial charge in [-0.1, -0.05) is 48.5 Å². The third-order valence-corrected chi connectivity index (χ3v) is 4.21.